The third-order valence-corrected chi connectivity index (χ3v) is 3.17. The van der Waals surface area contributed by atoms with Gasteiger partial charge in [-0.3, -0.25) is 4.79 Å². The van der Waals surface area contributed by atoms with Crippen LogP contribution < -0.4 is 10.6 Å². The minimum Gasteiger partial charge on any atom is -0.387 e. The van der Waals surface area contributed by atoms with Gasteiger partial charge in [-0.1, -0.05) is 11.6 Å². The van der Waals surface area contributed by atoms with E-state index in [-0.39, 0.29) is 5.91 Å². The van der Waals surface area contributed by atoms with E-state index in [0.29, 0.717) is 23.0 Å². The van der Waals surface area contributed by atoms with Gasteiger partial charge in [0.25, 0.3) is 5.91 Å². The molecular weight excluding hydrogens is 278 g/mol. The van der Waals surface area contributed by atoms with Crippen LogP contribution in [0.3, 0.4) is 0 Å². The van der Waals surface area contributed by atoms with E-state index < -0.39 is 0 Å². The van der Waals surface area contributed by atoms with E-state index in [1.807, 2.05) is 11.5 Å². The second-order valence-corrected chi connectivity index (χ2v) is 4.59. The first-order valence-electron chi connectivity index (χ1n) is 6.28. The SMILES string of the molecule is CCn1cnnc1CNC(=O)c1cc(Cl)ccc1NC. The van der Waals surface area contributed by atoms with Crippen LogP contribution in [0.2, 0.25) is 5.02 Å². The number of amides is 1. The fourth-order valence-corrected chi connectivity index (χ4v) is 2.03. The van der Waals surface area contributed by atoms with Gasteiger partial charge in [0.2, 0.25) is 0 Å². The first-order valence-corrected chi connectivity index (χ1v) is 6.65. The first kappa shape index (κ1) is 14.3. The van der Waals surface area contributed by atoms with Gasteiger partial charge in [-0.25, -0.2) is 0 Å². The summed E-state index contributed by atoms with van der Waals surface area (Å²) in [5, 5.41) is 14.1. The Balaban J connectivity index is 2.11. The molecule has 0 fully saturated rings. The molecule has 0 radical (unpaired) electrons. The standard InChI is InChI=1S/C13H16ClN5O/c1-3-19-8-17-18-12(19)7-16-13(20)10-6-9(14)4-5-11(10)15-2/h4-6,8,15H,3,7H2,1-2H3,(H,16,20). The van der Waals surface area contributed by atoms with Gasteiger partial charge in [-0.15, -0.1) is 10.2 Å². The molecule has 1 aromatic heterocycles. The third-order valence-electron chi connectivity index (χ3n) is 2.94. The highest BCUT2D eigenvalue weighted by atomic mass is 35.5. The molecule has 0 atom stereocenters. The Morgan fingerprint density at radius 1 is 1.45 bits per heavy atom. The molecular formula is C13H16ClN5O. The smallest absolute Gasteiger partial charge is 0.253 e. The van der Waals surface area contributed by atoms with E-state index in [4.69, 9.17) is 11.6 Å². The average molecular weight is 294 g/mol. The lowest BCUT2D eigenvalue weighted by atomic mass is 10.1. The number of anilines is 1. The number of hydrogen-bond acceptors (Lipinski definition) is 4. The predicted octanol–water partition coefficient (Wildman–Crippen LogP) is 1.92. The second kappa shape index (κ2) is 6.38. The molecule has 0 aliphatic heterocycles. The Morgan fingerprint density at radius 3 is 2.95 bits per heavy atom. The molecule has 0 aliphatic rings. The Labute approximate surface area is 122 Å². The maximum atomic E-state index is 12.2. The molecule has 1 aromatic carbocycles. The van der Waals surface area contributed by atoms with Crippen LogP contribution in [-0.2, 0) is 13.1 Å². The van der Waals surface area contributed by atoms with Crippen molar-refractivity contribution in [2.45, 2.75) is 20.0 Å². The molecule has 20 heavy (non-hydrogen) atoms. The molecule has 7 heteroatoms. The van der Waals surface area contributed by atoms with Gasteiger partial charge in [-0.2, -0.15) is 0 Å². The Hall–Kier alpha value is -2.08. The van der Waals surface area contributed by atoms with Crippen molar-refractivity contribution in [2.24, 2.45) is 0 Å². The molecule has 6 nitrogen and oxygen atoms in total. The lowest BCUT2D eigenvalue weighted by Gasteiger charge is -2.10. The number of aryl methyl sites for hydroxylation is 1. The van der Waals surface area contributed by atoms with E-state index in [0.717, 1.165) is 12.2 Å². The fraction of sp³-hybridized carbons (Fsp3) is 0.308. The number of benzene rings is 1. The van der Waals surface area contributed by atoms with Crippen molar-refractivity contribution < 1.29 is 4.79 Å². The van der Waals surface area contributed by atoms with Gasteiger partial charge >= 0.3 is 0 Å². The predicted molar refractivity (Wildman–Crippen MR) is 77.9 cm³/mol. The summed E-state index contributed by atoms with van der Waals surface area (Å²) in [6.07, 6.45) is 1.64. The first-order chi connectivity index (χ1) is 9.65. The number of hydrogen-bond donors (Lipinski definition) is 2. The van der Waals surface area contributed by atoms with Crippen LogP contribution in [0.1, 0.15) is 23.1 Å². The number of carbonyl (C=O) groups is 1. The Kier molecular flexibility index (Phi) is 4.57. The summed E-state index contributed by atoms with van der Waals surface area (Å²) in [6.45, 7) is 3.07. The monoisotopic (exact) mass is 293 g/mol. The van der Waals surface area contributed by atoms with E-state index >= 15 is 0 Å². The van der Waals surface area contributed by atoms with Crippen LogP contribution in [0.25, 0.3) is 0 Å². The van der Waals surface area contributed by atoms with Crippen molar-refractivity contribution in [1.29, 1.82) is 0 Å². The number of nitrogens with zero attached hydrogens (tertiary/aromatic N) is 3. The maximum absolute atomic E-state index is 12.2. The largest absolute Gasteiger partial charge is 0.387 e. The molecule has 0 spiro atoms. The maximum Gasteiger partial charge on any atom is 0.253 e. The van der Waals surface area contributed by atoms with Crippen LogP contribution in [0, 0.1) is 0 Å². The summed E-state index contributed by atoms with van der Waals surface area (Å²) in [6, 6.07) is 5.14. The minimum absolute atomic E-state index is 0.206. The summed E-state index contributed by atoms with van der Waals surface area (Å²) in [4.78, 5) is 12.2. The summed E-state index contributed by atoms with van der Waals surface area (Å²) >= 11 is 5.93. The molecule has 2 N–H and O–H groups in total. The third kappa shape index (κ3) is 3.08. The average Bonchev–Trinajstić information content (AvgIpc) is 2.92. The fourth-order valence-electron chi connectivity index (χ4n) is 1.86. The van der Waals surface area contributed by atoms with Gasteiger partial charge < -0.3 is 15.2 Å². The van der Waals surface area contributed by atoms with Gasteiger partial charge in [0.05, 0.1) is 12.1 Å². The zero-order chi connectivity index (χ0) is 14.5. The number of rotatable bonds is 5. The summed E-state index contributed by atoms with van der Waals surface area (Å²) in [5.74, 6) is 0.511. The Bertz CT molecular complexity index is 611. The van der Waals surface area contributed by atoms with E-state index in [9.17, 15) is 4.79 Å². The van der Waals surface area contributed by atoms with Crippen LogP contribution >= 0.6 is 11.6 Å². The van der Waals surface area contributed by atoms with E-state index in [1.165, 1.54) is 0 Å². The van der Waals surface area contributed by atoms with Crippen molar-refractivity contribution in [2.75, 3.05) is 12.4 Å². The van der Waals surface area contributed by atoms with E-state index in [1.54, 1.807) is 31.6 Å². The lowest BCUT2D eigenvalue weighted by molar-refractivity contribution is 0.0950. The van der Waals surface area contributed by atoms with Gasteiger partial charge in [0, 0.05) is 24.3 Å². The number of aromatic nitrogens is 3. The molecule has 1 amide bonds. The van der Waals surface area contributed by atoms with Crippen molar-refractivity contribution in [1.82, 2.24) is 20.1 Å². The zero-order valence-corrected chi connectivity index (χ0v) is 12.1. The van der Waals surface area contributed by atoms with Crippen LogP contribution in [-0.4, -0.2) is 27.7 Å². The zero-order valence-electron chi connectivity index (χ0n) is 11.4. The van der Waals surface area contributed by atoms with Crippen molar-refractivity contribution in [3.63, 3.8) is 0 Å². The molecule has 0 bridgehead atoms. The highest BCUT2D eigenvalue weighted by Crippen LogP contribution is 2.20. The highest BCUT2D eigenvalue weighted by molar-refractivity contribution is 6.31. The molecule has 0 saturated carbocycles. The van der Waals surface area contributed by atoms with Crippen LogP contribution in [0.15, 0.2) is 24.5 Å². The van der Waals surface area contributed by atoms with Crippen LogP contribution in [0.5, 0.6) is 0 Å². The summed E-state index contributed by atoms with van der Waals surface area (Å²) in [7, 11) is 1.76. The quantitative estimate of drug-likeness (QED) is 0.883. The highest BCUT2D eigenvalue weighted by Gasteiger charge is 2.12. The number of carbonyl (C=O) groups excluding carboxylic acids is 1. The van der Waals surface area contributed by atoms with Crippen LogP contribution in [0.4, 0.5) is 5.69 Å². The van der Waals surface area contributed by atoms with E-state index in [2.05, 4.69) is 20.8 Å². The molecule has 0 saturated heterocycles. The van der Waals surface area contributed by atoms with Gasteiger partial charge in [0.1, 0.15) is 6.33 Å². The van der Waals surface area contributed by atoms with Crippen molar-refractivity contribution in [3.05, 3.63) is 40.9 Å². The Morgan fingerprint density at radius 2 is 2.25 bits per heavy atom. The van der Waals surface area contributed by atoms with Crippen molar-refractivity contribution in [3.8, 4) is 0 Å². The number of nitrogens with one attached hydrogen (secondary N) is 2. The van der Waals surface area contributed by atoms with Gasteiger partial charge in [0.15, 0.2) is 5.82 Å². The lowest BCUT2D eigenvalue weighted by Crippen LogP contribution is -2.25. The summed E-state index contributed by atoms with van der Waals surface area (Å²) in [5.41, 5.74) is 1.23. The minimum atomic E-state index is -0.206. The molecule has 0 unspecified atom stereocenters. The normalized spacial score (nSPS) is 10.3. The molecule has 2 aromatic rings. The van der Waals surface area contributed by atoms with Gasteiger partial charge in [-0.05, 0) is 25.1 Å². The second-order valence-electron chi connectivity index (χ2n) is 4.16. The molecule has 2 rings (SSSR count). The molecule has 1 heterocycles. The summed E-state index contributed by atoms with van der Waals surface area (Å²) < 4.78 is 1.87. The molecule has 0 aliphatic carbocycles. The number of halogens is 1. The molecule has 106 valence electrons. The van der Waals surface area contributed by atoms with Crippen molar-refractivity contribution >= 4 is 23.2 Å². The topological polar surface area (TPSA) is 71.8 Å².